The minimum Gasteiger partial charge on any atom is -0.378 e. The molecule has 8 nitrogen and oxygen atoms in total. The zero-order valence-electron chi connectivity index (χ0n) is 17.2. The fraction of sp³-hybridized carbons (Fsp3) is 0.409. The van der Waals surface area contributed by atoms with Gasteiger partial charge >= 0.3 is 0 Å². The number of carbonyl (C=O) groups is 1. The van der Waals surface area contributed by atoms with Crippen LogP contribution in [0.15, 0.2) is 36.4 Å². The summed E-state index contributed by atoms with van der Waals surface area (Å²) in [6.45, 7) is 4.28. The Kier molecular flexibility index (Phi) is 6.58. The van der Waals surface area contributed by atoms with Crippen molar-refractivity contribution in [1.82, 2.24) is 0 Å². The van der Waals surface area contributed by atoms with Crippen LogP contribution < -0.4 is 15.1 Å². The molecule has 2 saturated heterocycles. The van der Waals surface area contributed by atoms with Crippen molar-refractivity contribution < 1.29 is 14.5 Å². The average Bonchev–Trinajstić information content (AvgIpc) is 2.80. The van der Waals surface area contributed by atoms with Gasteiger partial charge in [-0.1, -0.05) is 11.6 Å². The Bertz CT molecular complexity index is 972. The molecule has 2 fully saturated rings. The molecule has 9 heteroatoms. The number of anilines is 3. The zero-order valence-corrected chi connectivity index (χ0v) is 17.9. The summed E-state index contributed by atoms with van der Waals surface area (Å²) in [4.78, 5) is 28.1. The summed E-state index contributed by atoms with van der Waals surface area (Å²) in [6, 6.07) is 9.84. The van der Waals surface area contributed by atoms with Crippen molar-refractivity contribution in [2.24, 2.45) is 0 Å². The molecule has 0 spiro atoms. The summed E-state index contributed by atoms with van der Waals surface area (Å²) in [5.41, 5.74) is 2.30. The van der Waals surface area contributed by atoms with Gasteiger partial charge in [-0.2, -0.15) is 0 Å². The molecule has 2 aromatic carbocycles. The van der Waals surface area contributed by atoms with E-state index in [2.05, 4.69) is 10.2 Å². The second-order valence-corrected chi connectivity index (χ2v) is 8.13. The van der Waals surface area contributed by atoms with E-state index < -0.39 is 10.8 Å². The van der Waals surface area contributed by atoms with Crippen LogP contribution in [0.2, 0.25) is 5.02 Å². The Balaban J connectivity index is 1.57. The van der Waals surface area contributed by atoms with E-state index in [1.807, 2.05) is 17.0 Å². The number of carbonyl (C=O) groups excluding carboxylic acids is 1. The van der Waals surface area contributed by atoms with Crippen molar-refractivity contribution in [3.63, 3.8) is 0 Å². The number of nitrogens with zero attached hydrogens (tertiary/aromatic N) is 3. The molecule has 1 amide bonds. The summed E-state index contributed by atoms with van der Waals surface area (Å²) in [5.74, 6) is -0.410. The van der Waals surface area contributed by atoms with Gasteiger partial charge in [0.25, 0.3) is 11.6 Å². The van der Waals surface area contributed by atoms with Crippen molar-refractivity contribution in [2.45, 2.75) is 19.3 Å². The molecule has 0 atom stereocenters. The van der Waals surface area contributed by atoms with Crippen molar-refractivity contribution in [3.8, 4) is 0 Å². The second kappa shape index (κ2) is 9.53. The highest BCUT2D eigenvalue weighted by molar-refractivity contribution is 6.33. The van der Waals surface area contributed by atoms with Crippen LogP contribution in [0.3, 0.4) is 0 Å². The van der Waals surface area contributed by atoms with Gasteiger partial charge in [-0.25, -0.2) is 0 Å². The summed E-state index contributed by atoms with van der Waals surface area (Å²) in [5, 5.41) is 14.7. The highest BCUT2D eigenvalue weighted by Crippen LogP contribution is 2.32. The molecule has 0 aliphatic carbocycles. The fourth-order valence-electron chi connectivity index (χ4n) is 4.07. The summed E-state index contributed by atoms with van der Waals surface area (Å²) < 4.78 is 5.38. The largest absolute Gasteiger partial charge is 0.378 e. The predicted octanol–water partition coefficient (Wildman–Crippen LogP) is 4.33. The smallest absolute Gasteiger partial charge is 0.270 e. The molecule has 0 bridgehead atoms. The quantitative estimate of drug-likeness (QED) is 0.545. The first-order valence-electron chi connectivity index (χ1n) is 10.5. The van der Waals surface area contributed by atoms with Gasteiger partial charge in [0.1, 0.15) is 0 Å². The lowest BCUT2D eigenvalue weighted by Crippen LogP contribution is -2.37. The number of nitrogens with one attached hydrogen (secondary N) is 1. The van der Waals surface area contributed by atoms with Crippen molar-refractivity contribution >= 4 is 40.3 Å². The molecule has 4 rings (SSSR count). The van der Waals surface area contributed by atoms with Crippen LogP contribution in [0, 0.1) is 10.1 Å². The number of non-ortho nitro benzene ring substituents is 1. The number of amides is 1. The SMILES string of the molecule is O=C(Nc1ccc(N2CCCCC2)c(Cl)c1)c1cc([N+](=O)[O-])ccc1N1CCOCC1. The molecular formula is C22H25ClN4O4. The topological polar surface area (TPSA) is 88.0 Å². The molecule has 0 unspecified atom stereocenters. The lowest BCUT2D eigenvalue weighted by atomic mass is 10.1. The van der Waals surface area contributed by atoms with Crippen LogP contribution in [0.5, 0.6) is 0 Å². The number of benzene rings is 2. The highest BCUT2D eigenvalue weighted by atomic mass is 35.5. The first-order valence-corrected chi connectivity index (χ1v) is 10.9. The fourth-order valence-corrected chi connectivity index (χ4v) is 4.37. The van der Waals surface area contributed by atoms with Gasteiger partial charge in [-0.05, 0) is 43.5 Å². The van der Waals surface area contributed by atoms with Crippen LogP contribution in [-0.4, -0.2) is 50.2 Å². The molecule has 2 aliphatic rings. The summed E-state index contributed by atoms with van der Waals surface area (Å²) >= 11 is 6.51. The molecule has 0 radical (unpaired) electrons. The third-order valence-electron chi connectivity index (χ3n) is 5.69. The second-order valence-electron chi connectivity index (χ2n) is 7.73. The van der Waals surface area contributed by atoms with E-state index >= 15 is 0 Å². The van der Waals surface area contributed by atoms with Crippen LogP contribution in [0.25, 0.3) is 0 Å². The Morgan fingerprint density at radius 1 is 0.968 bits per heavy atom. The van der Waals surface area contributed by atoms with Gasteiger partial charge in [0, 0.05) is 44.0 Å². The van der Waals surface area contributed by atoms with Crippen LogP contribution in [0.1, 0.15) is 29.6 Å². The Hall–Kier alpha value is -2.84. The Morgan fingerprint density at radius 2 is 1.65 bits per heavy atom. The number of hydrogen-bond acceptors (Lipinski definition) is 6. The summed E-state index contributed by atoms with van der Waals surface area (Å²) in [7, 11) is 0. The third-order valence-corrected chi connectivity index (χ3v) is 5.99. The number of nitro groups is 1. The van der Waals surface area contributed by atoms with Gasteiger partial charge in [-0.3, -0.25) is 14.9 Å². The predicted molar refractivity (Wildman–Crippen MR) is 122 cm³/mol. The monoisotopic (exact) mass is 444 g/mol. The first-order chi connectivity index (χ1) is 15.0. The number of piperidine rings is 1. The zero-order chi connectivity index (χ0) is 21.8. The molecule has 2 aliphatic heterocycles. The molecule has 31 heavy (non-hydrogen) atoms. The van der Waals surface area contributed by atoms with Crippen LogP contribution in [-0.2, 0) is 4.74 Å². The lowest BCUT2D eigenvalue weighted by molar-refractivity contribution is -0.384. The van der Waals surface area contributed by atoms with E-state index in [9.17, 15) is 14.9 Å². The van der Waals surface area contributed by atoms with Crippen molar-refractivity contribution in [1.29, 1.82) is 0 Å². The summed E-state index contributed by atoms with van der Waals surface area (Å²) in [6.07, 6.45) is 3.52. The Labute approximate surface area is 185 Å². The number of morpholine rings is 1. The van der Waals surface area contributed by atoms with Crippen molar-refractivity contribution in [3.05, 3.63) is 57.1 Å². The third kappa shape index (κ3) is 4.91. The Morgan fingerprint density at radius 3 is 2.32 bits per heavy atom. The molecule has 1 N–H and O–H groups in total. The van der Waals surface area contributed by atoms with Gasteiger partial charge in [0.2, 0.25) is 0 Å². The maximum atomic E-state index is 13.1. The molecular weight excluding hydrogens is 420 g/mol. The highest BCUT2D eigenvalue weighted by Gasteiger charge is 2.23. The lowest BCUT2D eigenvalue weighted by Gasteiger charge is -2.30. The molecule has 164 valence electrons. The maximum Gasteiger partial charge on any atom is 0.270 e. The number of halogens is 1. The van der Waals surface area contributed by atoms with E-state index in [0.717, 1.165) is 31.6 Å². The van der Waals surface area contributed by atoms with E-state index in [1.54, 1.807) is 12.1 Å². The number of nitro benzene ring substituents is 1. The van der Waals surface area contributed by atoms with Crippen LogP contribution in [0.4, 0.5) is 22.7 Å². The van der Waals surface area contributed by atoms with Gasteiger partial charge in [-0.15, -0.1) is 0 Å². The van der Waals surface area contributed by atoms with Gasteiger partial charge in [0.15, 0.2) is 0 Å². The van der Waals surface area contributed by atoms with Crippen LogP contribution >= 0.6 is 11.6 Å². The van der Waals surface area contributed by atoms with E-state index in [0.29, 0.717) is 42.7 Å². The van der Waals surface area contributed by atoms with Gasteiger partial charge < -0.3 is 19.9 Å². The molecule has 0 saturated carbocycles. The van der Waals surface area contributed by atoms with E-state index in [4.69, 9.17) is 16.3 Å². The maximum absolute atomic E-state index is 13.1. The molecule has 0 aromatic heterocycles. The molecule has 2 heterocycles. The average molecular weight is 445 g/mol. The molecule has 2 aromatic rings. The van der Waals surface area contributed by atoms with Gasteiger partial charge in [0.05, 0.1) is 40.1 Å². The normalized spacial score (nSPS) is 16.8. The minimum atomic E-state index is -0.496. The number of hydrogen-bond donors (Lipinski definition) is 1. The minimum absolute atomic E-state index is 0.124. The first kappa shape index (κ1) is 21.4. The van der Waals surface area contributed by atoms with E-state index in [-0.39, 0.29) is 11.3 Å². The number of ether oxygens (including phenoxy) is 1. The standard InChI is InChI=1S/C22H25ClN4O4/c23-19-14-16(4-6-21(19)25-8-2-1-3-9-25)24-22(28)18-15-17(27(29)30)5-7-20(18)26-10-12-31-13-11-26/h4-7,14-15H,1-3,8-13H2,(H,24,28). The number of rotatable bonds is 5. The van der Waals surface area contributed by atoms with E-state index in [1.165, 1.54) is 18.6 Å². The van der Waals surface area contributed by atoms with Crippen molar-refractivity contribution in [2.75, 3.05) is 54.5 Å².